The van der Waals surface area contributed by atoms with Crippen LogP contribution >= 0.6 is 0 Å². The topological polar surface area (TPSA) is 64.6 Å². The number of rotatable bonds is 46. The number of hydrogen-bond acceptors (Lipinski definition) is 7. The van der Waals surface area contributed by atoms with Crippen molar-refractivity contribution in [3.05, 3.63) is 23.0 Å². The van der Waals surface area contributed by atoms with Crippen molar-refractivity contribution in [2.45, 2.75) is 234 Å². The summed E-state index contributed by atoms with van der Waals surface area (Å²) in [5.41, 5.74) is 0. The normalized spacial score (nSPS) is 12.5. The molecule has 0 aliphatic heterocycles. The van der Waals surface area contributed by atoms with Gasteiger partial charge in [0.25, 0.3) is 0 Å². The van der Waals surface area contributed by atoms with Crippen molar-refractivity contribution in [3.63, 3.8) is 0 Å². The Morgan fingerprint density at radius 2 is 0.491 bits per heavy atom. The third kappa shape index (κ3) is 36.6. The Morgan fingerprint density at radius 3 is 0.745 bits per heavy atom. The summed E-state index contributed by atoms with van der Waals surface area (Å²) in [5, 5.41) is 0. The molecule has 0 aromatic rings. The van der Waals surface area contributed by atoms with Crippen LogP contribution in [0.2, 0.25) is 0 Å². The van der Waals surface area contributed by atoms with Crippen molar-refractivity contribution in [1.29, 1.82) is 0 Å². The molecule has 7 heteroatoms. The Morgan fingerprint density at radius 1 is 0.255 bits per heavy atom. The van der Waals surface area contributed by atoms with Crippen LogP contribution in [0.15, 0.2) is 23.0 Å². The van der Waals surface area contributed by atoms with Crippen LogP contribution in [-0.4, -0.2) is 53.2 Å². The van der Waals surface area contributed by atoms with Crippen molar-refractivity contribution in [2.75, 3.05) is 53.2 Å². The van der Waals surface area contributed by atoms with Crippen LogP contribution in [0.3, 0.4) is 0 Å². The Balaban J connectivity index is 4.33. The zero-order valence-electron chi connectivity index (χ0n) is 37.7. The summed E-state index contributed by atoms with van der Waals surface area (Å²) in [6.45, 7) is 15.9. The molecule has 55 heavy (non-hydrogen) atoms. The molecule has 0 aliphatic carbocycles. The number of hydrogen-bond donors (Lipinski definition) is 0. The molecular weight excluding hydrogens is 689 g/mol. The first kappa shape index (κ1) is 53.6. The lowest BCUT2D eigenvalue weighted by molar-refractivity contribution is -0.131. The molecule has 0 N–H and O–H groups in total. The summed E-state index contributed by atoms with van der Waals surface area (Å²) in [4.78, 5) is 0. The smallest absolute Gasteiger partial charge is 0.159 e. The monoisotopic (exact) mass is 783 g/mol. The summed E-state index contributed by atoms with van der Waals surface area (Å²) in [6, 6.07) is 0. The number of ether oxygens (including phenoxy) is 7. The standard InChI is InChI=1S/C48H94O7/c1-7-13-15-17-19-21-23-25-27-29-31-33-35-37-39-45(52-9-3)47(54-11-5)41-49-43-51-44-50-42-48(55-12-6)46(53-10-4)40-38-36-34-32-30-28-26-24-22-20-18-16-14-8-2/h7-44H2,1-6H3. The highest BCUT2D eigenvalue weighted by Gasteiger charge is 2.12. The summed E-state index contributed by atoms with van der Waals surface area (Å²) < 4.78 is 41.3. The lowest BCUT2D eigenvalue weighted by Crippen LogP contribution is -2.13. The van der Waals surface area contributed by atoms with E-state index >= 15 is 0 Å². The predicted molar refractivity (Wildman–Crippen MR) is 233 cm³/mol. The first-order chi connectivity index (χ1) is 27.2. The Labute approximate surface area is 342 Å². The Kier molecular flexibility index (Phi) is 44.1. The first-order valence-corrected chi connectivity index (χ1v) is 23.9. The Hall–Kier alpha value is -1.44. The second-order valence-corrected chi connectivity index (χ2v) is 15.3. The van der Waals surface area contributed by atoms with Gasteiger partial charge in [0.1, 0.15) is 38.3 Å². The van der Waals surface area contributed by atoms with Crippen LogP contribution in [0.25, 0.3) is 0 Å². The fourth-order valence-electron chi connectivity index (χ4n) is 7.07. The van der Waals surface area contributed by atoms with Gasteiger partial charge in [0.15, 0.2) is 11.5 Å². The quantitative estimate of drug-likeness (QED) is 0.0346. The maximum absolute atomic E-state index is 6.02. The van der Waals surface area contributed by atoms with Gasteiger partial charge in [-0.15, -0.1) is 0 Å². The molecule has 0 aromatic carbocycles. The summed E-state index contributed by atoms with van der Waals surface area (Å²) in [7, 11) is 0. The van der Waals surface area contributed by atoms with E-state index in [1.807, 2.05) is 27.7 Å². The fraction of sp³-hybridized carbons (Fsp3) is 0.917. The van der Waals surface area contributed by atoms with Gasteiger partial charge in [-0.05, 0) is 40.5 Å². The highest BCUT2D eigenvalue weighted by molar-refractivity contribution is 5.03. The molecule has 0 bridgehead atoms. The van der Waals surface area contributed by atoms with E-state index in [-0.39, 0.29) is 13.6 Å². The van der Waals surface area contributed by atoms with Crippen molar-refractivity contribution in [2.24, 2.45) is 0 Å². The third-order valence-electron chi connectivity index (χ3n) is 10.2. The average Bonchev–Trinajstić information content (AvgIpc) is 3.19. The van der Waals surface area contributed by atoms with E-state index in [0.717, 1.165) is 48.7 Å². The molecule has 0 aromatic heterocycles. The molecule has 0 unspecified atom stereocenters. The minimum Gasteiger partial charge on any atom is -0.495 e. The van der Waals surface area contributed by atoms with Crippen molar-refractivity contribution in [1.82, 2.24) is 0 Å². The average molecular weight is 783 g/mol. The molecule has 7 nitrogen and oxygen atoms in total. The van der Waals surface area contributed by atoms with Crippen LogP contribution in [0, 0.1) is 0 Å². The molecule has 0 spiro atoms. The lowest BCUT2D eigenvalue weighted by Gasteiger charge is -2.17. The van der Waals surface area contributed by atoms with Crippen molar-refractivity contribution < 1.29 is 33.2 Å². The molecule has 0 atom stereocenters. The molecule has 328 valence electrons. The highest BCUT2D eigenvalue weighted by atomic mass is 16.7. The number of allylic oxidation sites excluding steroid dienone is 2. The van der Waals surface area contributed by atoms with Gasteiger partial charge in [-0.2, -0.15) is 0 Å². The van der Waals surface area contributed by atoms with Gasteiger partial charge < -0.3 is 33.2 Å². The van der Waals surface area contributed by atoms with Crippen molar-refractivity contribution in [3.8, 4) is 0 Å². The van der Waals surface area contributed by atoms with Gasteiger partial charge in [0.2, 0.25) is 0 Å². The minimum atomic E-state index is 0.111. The molecule has 0 rings (SSSR count). The van der Waals surface area contributed by atoms with Gasteiger partial charge in [-0.3, -0.25) is 0 Å². The zero-order chi connectivity index (χ0) is 40.1. The number of unbranched alkanes of at least 4 members (excludes halogenated alkanes) is 26. The van der Waals surface area contributed by atoms with Crippen molar-refractivity contribution >= 4 is 0 Å². The van der Waals surface area contributed by atoms with E-state index in [2.05, 4.69) is 13.8 Å². The minimum absolute atomic E-state index is 0.111. The third-order valence-corrected chi connectivity index (χ3v) is 10.2. The first-order valence-electron chi connectivity index (χ1n) is 23.9. The van der Waals surface area contributed by atoms with Crippen LogP contribution in [0.5, 0.6) is 0 Å². The molecule has 0 aliphatic rings. The molecule has 0 saturated carbocycles. The van der Waals surface area contributed by atoms with E-state index in [0.29, 0.717) is 39.6 Å². The highest BCUT2D eigenvalue weighted by Crippen LogP contribution is 2.21. The van der Waals surface area contributed by atoms with E-state index in [4.69, 9.17) is 33.2 Å². The second kappa shape index (κ2) is 45.3. The summed E-state index contributed by atoms with van der Waals surface area (Å²) >= 11 is 0. The van der Waals surface area contributed by atoms with Crippen LogP contribution in [0.4, 0.5) is 0 Å². The predicted octanol–water partition coefficient (Wildman–Crippen LogP) is 15.3. The maximum Gasteiger partial charge on any atom is 0.159 e. The van der Waals surface area contributed by atoms with Crippen LogP contribution in [0.1, 0.15) is 234 Å². The SMILES string of the molecule is CCCCCCCCCCCCCCCCC(OCC)=C(COCOCOCC(OCC)=C(CCCCCCCCCCCCCCCC)OCC)OCC. The van der Waals surface area contributed by atoms with E-state index in [1.54, 1.807) is 0 Å². The molecule has 0 heterocycles. The van der Waals surface area contributed by atoms with E-state index < -0.39 is 0 Å². The van der Waals surface area contributed by atoms with Crippen LogP contribution in [-0.2, 0) is 33.2 Å². The van der Waals surface area contributed by atoms with Gasteiger partial charge >= 0.3 is 0 Å². The molecule has 0 amide bonds. The summed E-state index contributed by atoms with van der Waals surface area (Å²) in [6.07, 6.45) is 39.6. The summed E-state index contributed by atoms with van der Waals surface area (Å²) in [5.74, 6) is 3.37. The zero-order valence-corrected chi connectivity index (χ0v) is 37.7. The molecular formula is C48H94O7. The van der Waals surface area contributed by atoms with Gasteiger partial charge in [-0.25, -0.2) is 0 Å². The van der Waals surface area contributed by atoms with Gasteiger partial charge in [0, 0.05) is 12.8 Å². The fourth-order valence-corrected chi connectivity index (χ4v) is 7.07. The lowest BCUT2D eigenvalue weighted by atomic mass is 10.0. The van der Waals surface area contributed by atoms with Gasteiger partial charge in [-0.1, -0.05) is 181 Å². The Bertz CT molecular complexity index is 761. The molecule has 0 fully saturated rings. The maximum atomic E-state index is 6.02. The molecule has 0 saturated heterocycles. The van der Waals surface area contributed by atoms with Gasteiger partial charge in [0.05, 0.1) is 26.4 Å². The second-order valence-electron chi connectivity index (χ2n) is 15.3. The van der Waals surface area contributed by atoms with E-state index in [9.17, 15) is 0 Å². The van der Waals surface area contributed by atoms with Crippen LogP contribution < -0.4 is 0 Å². The molecule has 0 radical (unpaired) electrons. The van der Waals surface area contributed by atoms with E-state index in [1.165, 1.54) is 167 Å². The largest absolute Gasteiger partial charge is 0.495 e.